The Morgan fingerprint density at radius 2 is 1.08 bits per heavy atom. The van der Waals surface area contributed by atoms with Crippen LogP contribution in [0.1, 0.15) is 51.8 Å². The molecule has 6 aromatic rings. The van der Waals surface area contributed by atoms with Crippen molar-refractivity contribution in [3.05, 3.63) is 185 Å². The lowest BCUT2D eigenvalue weighted by Gasteiger charge is -2.07. The first kappa shape index (κ1) is 42.6. The number of halogens is 1. The monoisotopic (exact) mass is 825 g/mol. The van der Waals surface area contributed by atoms with E-state index in [4.69, 9.17) is 37.6 Å². The first-order chi connectivity index (χ1) is 29.5. The number of Topliss-reactive ketones (excluding diaryl/α,β-unsaturated/α-hetero) is 2. The molecule has 0 aliphatic carbocycles. The van der Waals surface area contributed by atoms with Crippen molar-refractivity contribution in [2.45, 2.75) is 32.1 Å². The molecular weight excluding hydrogens is 790 g/mol. The number of aliphatic imine (C=N–C) groups is 2. The van der Waals surface area contributed by atoms with E-state index in [1.807, 2.05) is 48.5 Å². The van der Waals surface area contributed by atoms with Gasteiger partial charge in [0, 0.05) is 43.0 Å². The van der Waals surface area contributed by atoms with Crippen molar-refractivity contribution in [3.8, 4) is 23.6 Å². The van der Waals surface area contributed by atoms with Gasteiger partial charge in [0.1, 0.15) is 23.1 Å². The number of para-hydroxylation sites is 2. The Kier molecular flexibility index (Phi) is 14.4. The van der Waals surface area contributed by atoms with Gasteiger partial charge in [-0.15, -0.1) is 0 Å². The predicted octanol–water partition coefficient (Wildman–Crippen LogP) is 9.54. The maximum Gasteiger partial charge on any atom is 0.409 e. The summed E-state index contributed by atoms with van der Waals surface area (Å²) in [5.74, 6) is 0.738. The van der Waals surface area contributed by atoms with Gasteiger partial charge < -0.3 is 15.2 Å². The lowest BCUT2D eigenvalue weighted by molar-refractivity contribution is -0.133. The number of fused-ring (bicyclic) bond motifs is 2. The highest BCUT2D eigenvalue weighted by atomic mass is 35.5. The van der Waals surface area contributed by atoms with Crippen LogP contribution in [0.4, 0.5) is 21.9 Å². The maximum atomic E-state index is 12.5. The molecule has 0 fully saturated rings. The van der Waals surface area contributed by atoms with Gasteiger partial charge in [0.05, 0.1) is 52.5 Å². The van der Waals surface area contributed by atoms with Crippen LogP contribution >= 0.6 is 11.6 Å². The van der Waals surface area contributed by atoms with Crippen LogP contribution in [0.5, 0.6) is 11.5 Å². The molecule has 61 heavy (non-hydrogen) atoms. The van der Waals surface area contributed by atoms with Crippen LogP contribution in [0, 0.1) is 22.7 Å². The Labute approximate surface area is 357 Å². The number of nitrogens with zero attached hydrogens (tertiary/aromatic N) is 4. The highest BCUT2D eigenvalue weighted by Gasteiger charge is 2.20. The molecule has 2 aliphatic rings. The SMILES string of the molecule is N#Cc1cccc(C2=Nc3ccc(CC(=O)Oc4ccccc4)cc3CC(=O)C2)c1.N#Cc1cccc(C2=Nc3ccc(N)cc3CC(=O)C2)c1.O=C(Cl)Oc1ccccc1. The number of carbonyl (C=O) groups excluding carboxylic acids is 4. The van der Waals surface area contributed by atoms with Gasteiger partial charge in [-0.1, -0.05) is 72.8 Å². The quantitative estimate of drug-likeness (QED) is 0.0739. The number of esters is 1. The van der Waals surface area contributed by atoms with Gasteiger partial charge in [-0.25, -0.2) is 4.79 Å². The number of ketones is 2. The molecule has 11 nitrogen and oxygen atoms in total. The van der Waals surface area contributed by atoms with Gasteiger partial charge in [-0.05, 0) is 101 Å². The highest BCUT2D eigenvalue weighted by Crippen LogP contribution is 2.29. The van der Waals surface area contributed by atoms with E-state index in [2.05, 4.69) is 21.9 Å². The number of anilines is 1. The summed E-state index contributed by atoms with van der Waals surface area (Å²) in [5.41, 5.74) is 13.5. The van der Waals surface area contributed by atoms with E-state index < -0.39 is 5.43 Å². The number of nitrogen functional groups attached to an aromatic ring is 1. The number of nitriles is 2. The number of benzene rings is 6. The molecule has 0 unspecified atom stereocenters. The average molecular weight is 826 g/mol. The van der Waals surface area contributed by atoms with Gasteiger partial charge in [-0.2, -0.15) is 10.5 Å². The van der Waals surface area contributed by atoms with Crippen molar-refractivity contribution in [2.75, 3.05) is 5.73 Å². The average Bonchev–Trinajstić information content (AvgIpc) is 3.54. The Morgan fingerprint density at radius 1 is 0.590 bits per heavy atom. The molecule has 0 aromatic heterocycles. The van der Waals surface area contributed by atoms with E-state index in [1.165, 1.54) is 0 Å². The van der Waals surface area contributed by atoms with Crippen LogP contribution < -0.4 is 15.2 Å². The molecule has 0 bridgehead atoms. The zero-order chi connectivity index (χ0) is 43.1. The van der Waals surface area contributed by atoms with Gasteiger partial charge in [0.25, 0.3) is 0 Å². The van der Waals surface area contributed by atoms with E-state index in [-0.39, 0.29) is 43.2 Å². The molecule has 300 valence electrons. The summed E-state index contributed by atoms with van der Waals surface area (Å²) in [7, 11) is 0. The fourth-order valence-corrected chi connectivity index (χ4v) is 6.51. The molecule has 8 rings (SSSR count). The Hall–Kier alpha value is -7.99. The first-order valence-electron chi connectivity index (χ1n) is 18.9. The summed E-state index contributed by atoms with van der Waals surface area (Å²) >= 11 is 4.95. The second-order valence-electron chi connectivity index (χ2n) is 13.8. The molecule has 2 aliphatic heterocycles. The lowest BCUT2D eigenvalue weighted by atomic mass is 10.00. The molecule has 0 atom stereocenters. The predicted molar refractivity (Wildman–Crippen MR) is 233 cm³/mol. The third-order valence-electron chi connectivity index (χ3n) is 9.18. The largest absolute Gasteiger partial charge is 0.426 e. The van der Waals surface area contributed by atoms with Crippen molar-refractivity contribution in [3.63, 3.8) is 0 Å². The number of carbonyl (C=O) groups is 4. The van der Waals surface area contributed by atoms with Gasteiger partial charge in [0.15, 0.2) is 0 Å². The fourth-order valence-electron chi connectivity index (χ4n) is 6.42. The zero-order valence-electron chi connectivity index (χ0n) is 32.6. The van der Waals surface area contributed by atoms with Crippen molar-refractivity contribution in [1.82, 2.24) is 0 Å². The molecular formula is C49H36ClN5O6. The second-order valence-corrected chi connectivity index (χ2v) is 14.1. The van der Waals surface area contributed by atoms with E-state index in [1.54, 1.807) is 97.1 Å². The van der Waals surface area contributed by atoms with E-state index in [0.29, 0.717) is 51.8 Å². The molecule has 2 N–H and O–H groups in total. The Balaban J connectivity index is 0.000000173. The fraction of sp³-hybridized carbons (Fsp3) is 0.102. The number of hydrogen-bond acceptors (Lipinski definition) is 11. The summed E-state index contributed by atoms with van der Waals surface area (Å²) in [4.78, 5) is 56.3. The second kappa shape index (κ2) is 20.6. The van der Waals surface area contributed by atoms with Crippen molar-refractivity contribution >= 4 is 63.1 Å². The van der Waals surface area contributed by atoms with Crippen LogP contribution in [-0.4, -0.2) is 34.4 Å². The highest BCUT2D eigenvalue weighted by molar-refractivity contribution is 6.61. The van der Waals surface area contributed by atoms with Crippen LogP contribution in [0.3, 0.4) is 0 Å². The summed E-state index contributed by atoms with van der Waals surface area (Å²) in [6.07, 6.45) is 1.17. The van der Waals surface area contributed by atoms with Gasteiger partial charge >= 0.3 is 11.4 Å². The van der Waals surface area contributed by atoms with Crippen LogP contribution in [0.2, 0.25) is 0 Å². The zero-order valence-corrected chi connectivity index (χ0v) is 33.3. The number of nitrogens with two attached hydrogens (primary N) is 1. The Bertz CT molecular complexity index is 2750. The minimum Gasteiger partial charge on any atom is -0.426 e. The van der Waals surface area contributed by atoms with Crippen molar-refractivity contribution < 1.29 is 28.7 Å². The van der Waals surface area contributed by atoms with E-state index in [9.17, 15) is 19.2 Å². The van der Waals surface area contributed by atoms with Crippen LogP contribution in [0.15, 0.2) is 156 Å². The van der Waals surface area contributed by atoms with Crippen molar-refractivity contribution in [1.29, 1.82) is 10.5 Å². The standard InChI is InChI=1S/C25H18N2O3.C17H13N3O.C7H5ClO2/c26-16-18-5-4-6-19(12-18)24-15-21(28)14-20-11-17(9-10-23(20)27-24)13-25(29)30-22-7-2-1-3-8-22;18-10-11-2-1-3-12(6-11)17-9-15(21)8-13-7-14(19)4-5-16(13)20-17;8-7(9)10-6-4-2-1-3-5-6/h1-12H,13-15H2;1-7H,8-9,19H2;1-5H. The molecule has 0 spiro atoms. The number of ether oxygens (including phenoxy) is 2. The van der Waals surface area contributed by atoms with Crippen molar-refractivity contribution in [2.24, 2.45) is 9.98 Å². The minimum atomic E-state index is -0.814. The summed E-state index contributed by atoms with van der Waals surface area (Å²) in [6, 6.07) is 46.9. The topological polar surface area (TPSA) is 185 Å². The normalized spacial score (nSPS) is 12.6. The third-order valence-corrected chi connectivity index (χ3v) is 9.25. The first-order valence-corrected chi connectivity index (χ1v) is 19.3. The lowest BCUT2D eigenvalue weighted by Crippen LogP contribution is -2.11. The molecule has 12 heteroatoms. The molecule has 0 saturated heterocycles. The van der Waals surface area contributed by atoms with Crippen LogP contribution in [-0.2, 0) is 33.6 Å². The number of hydrogen-bond donors (Lipinski definition) is 1. The molecule has 2 heterocycles. The molecule has 0 amide bonds. The summed E-state index contributed by atoms with van der Waals surface area (Å²) in [5, 5.41) is 18.1. The van der Waals surface area contributed by atoms with Gasteiger partial charge in [0.2, 0.25) is 0 Å². The molecule has 0 radical (unpaired) electrons. The number of rotatable bonds is 6. The molecule has 6 aromatic carbocycles. The maximum absolute atomic E-state index is 12.5. The minimum absolute atomic E-state index is 0.0406. The van der Waals surface area contributed by atoms with E-state index >= 15 is 0 Å². The molecule has 0 saturated carbocycles. The van der Waals surface area contributed by atoms with Crippen LogP contribution in [0.25, 0.3) is 0 Å². The van der Waals surface area contributed by atoms with E-state index in [0.717, 1.165) is 33.5 Å². The Morgan fingerprint density at radius 3 is 1.59 bits per heavy atom. The van der Waals surface area contributed by atoms with Gasteiger partial charge in [-0.3, -0.25) is 24.4 Å². The summed E-state index contributed by atoms with van der Waals surface area (Å²) < 4.78 is 9.89. The third kappa shape index (κ3) is 12.5. The summed E-state index contributed by atoms with van der Waals surface area (Å²) in [6.45, 7) is 0. The smallest absolute Gasteiger partial charge is 0.409 e.